The summed E-state index contributed by atoms with van der Waals surface area (Å²) in [5.74, 6) is 0.0468. The Bertz CT molecular complexity index is 640. The van der Waals surface area contributed by atoms with Crippen molar-refractivity contribution < 1.29 is 14.3 Å². The van der Waals surface area contributed by atoms with E-state index in [0.29, 0.717) is 38.1 Å². The zero-order chi connectivity index (χ0) is 14.8. The van der Waals surface area contributed by atoms with Crippen LogP contribution < -0.4 is 0 Å². The Morgan fingerprint density at radius 3 is 3.00 bits per heavy atom. The number of likely N-dealkylation sites (tertiary alicyclic amines) is 1. The molecule has 3 fully saturated rings. The van der Waals surface area contributed by atoms with Crippen molar-refractivity contribution in [3.05, 3.63) is 17.5 Å². The highest BCUT2D eigenvalue weighted by atomic mass is 16.5. The summed E-state index contributed by atoms with van der Waals surface area (Å²) in [6, 6.07) is -0.167. The van der Waals surface area contributed by atoms with E-state index in [1.807, 2.05) is 18.9 Å². The Hall–Kier alpha value is -1.89. The third-order valence-corrected chi connectivity index (χ3v) is 5.13. The molecule has 2 amide bonds. The first-order valence-electron chi connectivity index (χ1n) is 7.28. The van der Waals surface area contributed by atoms with E-state index in [9.17, 15) is 9.59 Å². The molecule has 0 aromatic carbocycles. The first kappa shape index (κ1) is 12.8. The fourth-order valence-corrected chi connectivity index (χ4v) is 3.90. The minimum absolute atomic E-state index is 0.0485. The van der Waals surface area contributed by atoms with Crippen molar-refractivity contribution in [1.29, 1.82) is 0 Å². The maximum Gasteiger partial charge on any atom is 0.257 e. The Labute approximate surface area is 122 Å². The van der Waals surface area contributed by atoms with Crippen molar-refractivity contribution >= 4 is 11.8 Å². The number of aromatic nitrogens is 2. The van der Waals surface area contributed by atoms with Gasteiger partial charge < -0.3 is 14.5 Å². The van der Waals surface area contributed by atoms with Gasteiger partial charge in [-0.05, 0) is 6.92 Å². The van der Waals surface area contributed by atoms with Crippen LogP contribution in [0.2, 0.25) is 0 Å². The van der Waals surface area contributed by atoms with Crippen molar-refractivity contribution in [2.24, 2.45) is 7.05 Å². The monoisotopic (exact) mass is 290 g/mol. The lowest BCUT2D eigenvalue weighted by molar-refractivity contribution is -0.136. The molecule has 3 aliphatic rings. The van der Waals surface area contributed by atoms with Gasteiger partial charge in [0.1, 0.15) is 0 Å². The molecule has 0 aliphatic carbocycles. The van der Waals surface area contributed by atoms with Crippen LogP contribution in [-0.2, 0) is 16.6 Å². The third-order valence-electron chi connectivity index (χ3n) is 5.13. The smallest absolute Gasteiger partial charge is 0.257 e. The third kappa shape index (κ3) is 1.49. The lowest BCUT2D eigenvalue weighted by Gasteiger charge is -2.31. The summed E-state index contributed by atoms with van der Waals surface area (Å²) < 4.78 is 7.59. The van der Waals surface area contributed by atoms with Gasteiger partial charge in [0.2, 0.25) is 5.91 Å². The summed E-state index contributed by atoms with van der Waals surface area (Å²) in [6.45, 7) is 3.71. The summed E-state index contributed by atoms with van der Waals surface area (Å²) in [5.41, 5.74) is 0.885. The van der Waals surface area contributed by atoms with Crippen LogP contribution in [0, 0.1) is 6.92 Å². The van der Waals surface area contributed by atoms with Crippen LogP contribution in [0.1, 0.15) is 28.9 Å². The molecule has 7 nitrogen and oxygen atoms in total. The molecular weight excluding hydrogens is 272 g/mol. The van der Waals surface area contributed by atoms with Crippen LogP contribution in [0.5, 0.6) is 0 Å². The average Bonchev–Trinajstić information content (AvgIpc) is 3.16. The molecule has 3 saturated heterocycles. The Kier molecular flexibility index (Phi) is 2.48. The SMILES string of the molecule is Cc1c(C(=O)N2CC[C@@]34OCCN3C(=O)C[C@@H]24)cnn1C. The van der Waals surface area contributed by atoms with Gasteiger partial charge in [-0.15, -0.1) is 0 Å². The Balaban J connectivity index is 1.67. The second-order valence-corrected chi connectivity index (χ2v) is 5.97. The second kappa shape index (κ2) is 4.07. The number of hydrogen-bond donors (Lipinski definition) is 0. The van der Waals surface area contributed by atoms with Gasteiger partial charge in [0.25, 0.3) is 5.91 Å². The predicted molar refractivity (Wildman–Crippen MR) is 72.4 cm³/mol. The normalized spacial score (nSPS) is 31.0. The molecule has 0 N–H and O–H groups in total. The van der Waals surface area contributed by atoms with Crippen molar-refractivity contribution in [2.75, 3.05) is 19.7 Å². The molecule has 4 heterocycles. The number of carbonyl (C=O) groups is 2. The van der Waals surface area contributed by atoms with Gasteiger partial charge in [-0.25, -0.2) is 0 Å². The molecule has 0 unspecified atom stereocenters. The molecular formula is C14H18N4O3. The van der Waals surface area contributed by atoms with Crippen molar-refractivity contribution in [3.63, 3.8) is 0 Å². The van der Waals surface area contributed by atoms with Gasteiger partial charge in [0, 0.05) is 32.3 Å². The van der Waals surface area contributed by atoms with Gasteiger partial charge in [-0.3, -0.25) is 14.3 Å². The lowest BCUT2D eigenvalue weighted by Crippen LogP contribution is -2.48. The fraction of sp³-hybridized carbons (Fsp3) is 0.643. The summed E-state index contributed by atoms with van der Waals surface area (Å²) in [7, 11) is 1.82. The molecule has 21 heavy (non-hydrogen) atoms. The van der Waals surface area contributed by atoms with Gasteiger partial charge in [0.15, 0.2) is 5.72 Å². The zero-order valence-corrected chi connectivity index (χ0v) is 12.2. The summed E-state index contributed by atoms with van der Waals surface area (Å²) >= 11 is 0. The molecule has 0 saturated carbocycles. The maximum atomic E-state index is 12.8. The van der Waals surface area contributed by atoms with Gasteiger partial charge in [0.05, 0.1) is 30.8 Å². The first-order valence-corrected chi connectivity index (χ1v) is 7.28. The number of ether oxygens (including phenoxy) is 1. The van der Waals surface area contributed by atoms with E-state index in [-0.39, 0.29) is 17.9 Å². The number of amides is 2. The van der Waals surface area contributed by atoms with Gasteiger partial charge in [-0.2, -0.15) is 5.10 Å². The standard InChI is InChI=1S/C14H18N4O3/c1-9-10(8-15-16(9)2)13(20)17-4-3-14-11(17)7-12(19)18(14)5-6-21-14/h8,11H,3-7H2,1-2H3/t11-,14+/m1/s1. The van der Waals surface area contributed by atoms with Crippen molar-refractivity contribution in [2.45, 2.75) is 31.5 Å². The maximum absolute atomic E-state index is 12.8. The van der Waals surface area contributed by atoms with Crippen LogP contribution in [0.15, 0.2) is 6.20 Å². The highest BCUT2D eigenvalue weighted by Gasteiger charge is 2.63. The molecule has 7 heteroatoms. The highest BCUT2D eigenvalue weighted by Crippen LogP contribution is 2.45. The summed E-state index contributed by atoms with van der Waals surface area (Å²) in [5, 5.41) is 4.13. The number of hydrogen-bond acceptors (Lipinski definition) is 4. The van der Waals surface area contributed by atoms with Gasteiger partial charge in [-0.1, -0.05) is 0 Å². The van der Waals surface area contributed by atoms with E-state index >= 15 is 0 Å². The van der Waals surface area contributed by atoms with E-state index < -0.39 is 5.72 Å². The number of rotatable bonds is 1. The number of carbonyl (C=O) groups excluding carboxylic acids is 2. The molecule has 112 valence electrons. The van der Waals surface area contributed by atoms with E-state index in [1.54, 1.807) is 15.8 Å². The Morgan fingerprint density at radius 2 is 2.29 bits per heavy atom. The quantitative estimate of drug-likeness (QED) is 0.724. The zero-order valence-electron chi connectivity index (χ0n) is 12.2. The van der Waals surface area contributed by atoms with Crippen LogP contribution in [-0.4, -0.2) is 62.9 Å². The summed E-state index contributed by atoms with van der Waals surface area (Å²) in [6.07, 6.45) is 2.67. The average molecular weight is 290 g/mol. The second-order valence-electron chi connectivity index (χ2n) is 5.97. The first-order chi connectivity index (χ1) is 10.0. The minimum Gasteiger partial charge on any atom is -0.351 e. The lowest BCUT2D eigenvalue weighted by atomic mass is 10.1. The summed E-state index contributed by atoms with van der Waals surface area (Å²) in [4.78, 5) is 28.6. The predicted octanol–water partition coefficient (Wildman–Crippen LogP) is -0.0982. The van der Waals surface area contributed by atoms with Crippen LogP contribution in [0.25, 0.3) is 0 Å². The van der Waals surface area contributed by atoms with Crippen LogP contribution >= 0.6 is 0 Å². The molecule has 2 atom stereocenters. The topological polar surface area (TPSA) is 67.7 Å². The van der Waals surface area contributed by atoms with Crippen molar-refractivity contribution in [1.82, 2.24) is 19.6 Å². The molecule has 0 radical (unpaired) electrons. The molecule has 4 rings (SSSR count). The van der Waals surface area contributed by atoms with E-state index in [2.05, 4.69) is 5.10 Å². The largest absolute Gasteiger partial charge is 0.351 e. The van der Waals surface area contributed by atoms with Crippen LogP contribution in [0.4, 0.5) is 0 Å². The van der Waals surface area contributed by atoms with E-state index in [4.69, 9.17) is 4.74 Å². The number of nitrogens with zero attached hydrogens (tertiary/aromatic N) is 4. The molecule has 1 aromatic heterocycles. The Morgan fingerprint density at radius 1 is 1.48 bits per heavy atom. The van der Waals surface area contributed by atoms with Crippen molar-refractivity contribution in [3.8, 4) is 0 Å². The minimum atomic E-state index is -0.567. The highest BCUT2D eigenvalue weighted by molar-refractivity contribution is 5.96. The fourth-order valence-electron chi connectivity index (χ4n) is 3.90. The molecule has 1 spiro atoms. The number of aryl methyl sites for hydroxylation is 1. The van der Waals surface area contributed by atoms with E-state index in [0.717, 1.165) is 5.69 Å². The molecule has 3 aliphatic heterocycles. The van der Waals surface area contributed by atoms with Gasteiger partial charge >= 0.3 is 0 Å². The van der Waals surface area contributed by atoms with E-state index in [1.165, 1.54) is 0 Å². The molecule has 1 aromatic rings. The van der Waals surface area contributed by atoms with Crippen LogP contribution in [0.3, 0.4) is 0 Å². The molecule has 0 bridgehead atoms.